The van der Waals surface area contributed by atoms with Gasteiger partial charge in [-0.15, -0.1) is 0 Å². The van der Waals surface area contributed by atoms with Crippen LogP contribution in [0.5, 0.6) is 0 Å². The number of hydrogen-bond donors (Lipinski definition) is 2. The van der Waals surface area contributed by atoms with Crippen LogP contribution in [0.2, 0.25) is 0 Å². The predicted molar refractivity (Wildman–Crippen MR) is 84.1 cm³/mol. The fourth-order valence-corrected chi connectivity index (χ4v) is 3.50. The summed E-state index contributed by atoms with van der Waals surface area (Å²) in [6.07, 6.45) is 3.34. The highest BCUT2D eigenvalue weighted by molar-refractivity contribution is 5.96. The first kappa shape index (κ1) is 14.0. The van der Waals surface area contributed by atoms with Crippen molar-refractivity contribution in [3.63, 3.8) is 0 Å². The summed E-state index contributed by atoms with van der Waals surface area (Å²) in [5, 5.41) is 3.97. The zero-order valence-corrected chi connectivity index (χ0v) is 12.6. The van der Waals surface area contributed by atoms with Crippen LogP contribution in [0.25, 0.3) is 11.0 Å². The number of nitrogens with one attached hydrogen (secondary N) is 1. The monoisotopic (exact) mass is 286 g/mol. The molecule has 3 N–H and O–H groups in total. The van der Waals surface area contributed by atoms with Crippen molar-refractivity contribution in [1.29, 1.82) is 0 Å². The van der Waals surface area contributed by atoms with Crippen LogP contribution in [0.15, 0.2) is 28.7 Å². The predicted octanol–water partition coefficient (Wildman–Crippen LogP) is 3.57. The Balaban J connectivity index is 1.74. The molecule has 0 radical (unpaired) electrons. The third-order valence-electron chi connectivity index (χ3n) is 4.28. The number of anilines is 1. The second-order valence-corrected chi connectivity index (χ2v) is 6.50. The number of furan rings is 1. The summed E-state index contributed by atoms with van der Waals surface area (Å²) in [6, 6.07) is 7.40. The molecular weight excluding hydrogens is 264 g/mol. The van der Waals surface area contributed by atoms with Gasteiger partial charge >= 0.3 is 0 Å². The fraction of sp³-hybridized carbons (Fsp3) is 0.471. The molecule has 1 saturated carbocycles. The summed E-state index contributed by atoms with van der Waals surface area (Å²) in [6.45, 7) is 4.50. The van der Waals surface area contributed by atoms with Gasteiger partial charge in [0.15, 0.2) is 5.76 Å². The first-order valence-corrected chi connectivity index (χ1v) is 7.61. The number of carbonyl (C=O) groups is 1. The molecule has 3 rings (SSSR count). The minimum Gasteiger partial charge on any atom is -0.451 e. The molecule has 4 nitrogen and oxygen atoms in total. The third kappa shape index (κ3) is 3.04. The molecule has 1 aliphatic rings. The second kappa shape index (κ2) is 5.43. The summed E-state index contributed by atoms with van der Waals surface area (Å²) < 4.78 is 5.61. The Bertz CT molecular complexity index is 652. The molecule has 0 saturated heterocycles. The van der Waals surface area contributed by atoms with Crippen molar-refractivity contribution < 1.29 is 9.21 Å². The number of hydrogen-bond acceptors (Lipinski definition) is 3. The second-order valence-electron chi connectivity index (χ2n) is 6.50. The molecule has 1 amide bonds. The van der Waals surface area contributed by atoms with E-state index in [2.05, 4.69) is 19.2 Å². The van der Waals surface area contributed by atoms with Crippen LogP contribution < -0.4 is 11.1 Å². The average Bonchev–Trinajstić information content (AvgIpc) is 2.80. The number of amides is 1. The first-order valence-electron chi connectivity index (χ1n) is 7.61. The summed E-state index contributed by atoms with van der Waals surface area (Å²) >= 11 is 0. The van der Waals surface area contributed by atoms with Crippen molar-refractivity contribution in [1.82, 2.24) is 5.32 Å². The topological polar surface area (TPSA) is 68.3 Å². The van der Waals surface area contributed by atoms with Gasteiger partial charge in [0, 0.05) is 17.1 Å². The highest BCUT2D eigenvalue weighted by atomic mass is 16.3. The van der Waals surface area contributed by atoms with Crippen molar-refractivity contribution >= 4 is 22.6 Å². The highest BCUT2D eigenvalue weighted by Gasteiger charge is 2.26. The van der Waals surface area contributed by atoms with Gasteiger partial charge in [0.25, 0.3) is 5.91 Å². The number of nitrogens with two attached hydrogens (primary N) is 1. The van der Waals surface area contributed by atoms with Gasteiger partial charge < -0.3 is 15.5 Å². The lowest BCUT2D eigenvalue weighted by Crippen LogP contribution is -2.39. The fourth-order valence-electron chi connectivity index (χ4n) is 3.50. The molecule has 1 aromatic carbocycles. The molecule has 2 atom stereocenters. The molecule has 21 heavy (non-hydrogen) atoms. The number of carbonyl (C=O) groups excluding carboxylic acids is 1. The first-order chi connectivity index (χ1) is 10.0. The Morgan fingerprint density at radius 1 is 1.19 bits per heavy atom. The average molecular weight is 286 g/mol. The quantitative estimate of drug-likeness (QED) is 0.829. The SMILES string of the molecule is CC1CC(C)CC(NC(=O)c2cc3cc(N)ccc3o2)C1. The van der Waals surface area contributed by atoms with E-state index in [4.69, 9.17) is 10.2 Å². The van der Waals surface area contributed by atoms with Crippen molar-refractivity contribution in [3.05, 3.63) is 30.0 Å². The maximum Gasteiger partial charge on any atom is 0.287 e. The molecule has 112 valence electrons. The summed E-state index contributed by atoms with van der Waals surface area (Å²) in [5.74, 6) is 1.56. The molecule has 0 bridgehead atoms. The van der Waals surface area contributed by atoms with Crippen LogP contribution in [0.3, 0.4) is 0 Å². The van der Waals surface area contributed by atoms with E-state index in [1.165, 1.54) is 6.42 Å². The van der Waals surface area contributed by atoms with E-state index >= 15 is 0 Å². The van der Waals surface area contributed by atoms with E-state index in [0.29, 0.717) is 28.9 Å². The number of nitrogen functional groups attached to an aromatic ring is 1. The van der Waals surface area contributed by atoms with Crippen LogP contribution in [0.1, 0.15) is 43.7 Å². The zero-order chi connectivity index (χ0) is 15.0. The van der Waals surface area contributed by atoms with E-state index in [-0.39, 0.29) is 11.9 Å². The van der Waals surface area contributed by atoms with Gasteiger partial charge in [0.2, 0.25) is 0 Å². The van der Waals surface area contributed by atoms with Crippen molar-refractivity contribution in [2.45, 2.75) is 39.2 Å². The van der Waals surface area contributed by atoms with E-state index < -0.39 is 0 Å². The molecule has 1 aliphatic carbocycles. The Labute approximate surface area is 124 Å². The normalized spacial score (nSPS) is 25.9. The minimum absolute atomic E-state index is 0.129. The van der Waals surface area contributed by atoms with Gasteiger partial charge in [-0.25, -0.2) is 0 Å². The van der Waals surface area contributed by atoms with Crippen molar-refractivity contribution in [2.24, 2.45) is 11.8 Å². The molecule has 1 aromatic heterocycles. The maximum absolute atomic E-state index is 12.3. The number of rotatable bonds is 2. The van der Waals surface area contributed by atoms with Crippen LogP contribution in [-0.2, 0) is 0 Å². The molecule has 0 spiro atoms. The summed E-state index contributed by atoms with van der Waals surface area (Å²) in [7, 11) is 0. The van der Waals surface area contributed by atoms with E-state index in [9.17, 15) is 4.79 Å². The molecule has 2 aromatic rings. The Morgan fingerprint density at radius 2 is 1.90 bits per heavy atom. The minimum atomic E-state index is -0.129. The Kier molecular flexibility index (Phi) is 3.62. The third-order valence-corrected chi connectivity index (χ3v) is 4.28. The molecule has 1 fully saturated rings. The van der Waals surface area contributed by atoms with Gasteiger partial charge in [0.05, 0.1) is 0 Å². The van der Waals surface area contributed by atoms with Crippen molar-refractivity contribution in [3.8, 4) is 0 Å². The van der Waals surface area contributed by atoms with Crippen LogP contribution in [0, 0.1) is 11.8 Å². The van der Waals surface area contributed by atoms with Crippen LogP contribution >= 0.6 is 0 Å². The van der Waals surface area contributed by atoms with E-state index in [0.717, 1.165) is 18.2 Å². The summed E-state index contributed by atoms with van der Waals surface area (Å²) in [5.41, 5.74) is 7.11. The van der Waals surface area contributed by atoms with Gasteiger partial charge in [-0.05, 0) is 55.4 Å². The zero-order valence-electron chi connectivity index (χ0n) is 12.6. The molecule has 1 heterocycles. The standard InChI is InChI=1S/C17H22N2O2/c1-10-5-11(2)7-14(6-10)19-17(20)16-9-12-8-13(18)3-4-15(12)21-16/h3-4,8-11,14H,5-7,18H2,1-2H3,(H,19,20). The lowest BCUT2D eigenvalue weighted by atomic mass is 9.80. The Hall–Kier alpha value is -1.97. The molecule has 4 heteroatoms. The van der Waals surface area contributed by atoms with Crippen LogP contribution in [-0.4, -0.2) is 11.9 Å². The van der Waals surface area contributed by atoms with Crippen molar-refractivity contribution in [2.75, 3.05) is 5.73 Å². The maximum atomic E-state index is 12.3. The highest BCUT2D eigenvalue weighted by Crippen LogP contribution is 2.29. The lowest BCUT2D eigenvalue weighted by molar-refractivity contribution is 0.0885. The molecular formula is C17H22N2O2. The largest absolute Gasteiger partial charge is 0.451 e. The van der Waals surface area contributed by atoms with Gasteiger partial charge in [-0.2, -0.15) is 0 Å². The number of fused-ring (bicyclic) bond motifs is 1. The lowest BCUT2D eigenvalue weighted by Gasteiger charge is -2.31. The van der Waals surface area contributed by atoms with E-state index in [1.54, 1.807) is 18.2 Å². The van der Waals surface area contributed by atoms with Gasteiger partial charge in [-0.1, -0.05) is 13.8 Å². The smallest absolute Gasteiger partial charge is 0.287 e. The van der Waals surface area contributed by atoms with Gasteiger partial charge in [-0.3, -0.25) is 4.79 Å². The molecule has 2 unspecified atom stereocenters. The summed E-state index contributed by atoms with van der Waals surface area (Å²) in [4.78, 5) is 12.3. The van der Waals surface area contributed by atoms with Crippen LogP contribution in [0.4, 0.5) is 5.69 Å². The molecule has 0 aliphatic heterocycles. The Morgan fingerprint density at radius 3 is 2.62 bits per heavy atom. The number of benzene rings is 1. The van der Waals surface area contributed by atoms with Gasteiger partial charge in [0.1, 0.15) is 5.58 Å². The van der Waals surface area contributed by atoms with E-state index in [1.807, 2.05) is 6.07 Å².